The van der Waals surface area contributed by atoms with Crippen molar-refractivity contribution in [3.8, 4) is 44.8 Å². The first-order valence-electron chi connectivity index (χ1n) is 15.5. The molecule has 0 aliphatic heterocycles. The van der Waals surface area contributed by atoms with Crippen LogP contribution in [-0.4, -0.2) is 9.55 Å². The van der Waals surface area contributed by atoms with E-state index in [-0.39, 0.29) is 0 Å². The summed E-state index contributed by atoms with van der Waals surface area (Å²) in [5.74, 6) is 1.03. The zero-order valence-corrected chi connectivity index (χ0v) is 24.7. The van der Waals surface area contributed by atoms with Crippen molar-refractivity contribution in [3.05, 3.63) is 152 Å². The summed E-state index contributed by atoms with van der Waals surface area (Å²) in [7, 11) is 0. The molecule has 44 heavy (non-hydrogen) atoms. The zero-order chi connectivity index (χ0) is 29.5. The molecule has 0 aliphatic rings. The Kier molecular flexibility index (Phi) is 6.53. The largest absolute Gasteiger partial charge is 0.324 e. The third-order valence-corrected chi connectivity index (χ3v) is 8.71. The van der Waals surface area contributed by atoms with Crippen molar-refractivity contribution in [2.45, 2.75) is 19.9 Å². The number of benzene rings is 7. The van der Waals surface area contributed by atoms with Crippen LogP contribution in [0.5, 0.6) is 0 Å². The number of aromatic nitrogens is 2. The second-order valence-corrected chi connectivity index (χ2v) is 11.4. The molecule has 2 nitrogen and oxygen atoms in total. The summed E-state index contributed by atoms with van der Waals surface area (Å²) in [5, 5.41) is 5.06. The van der Waals surface area contributed by atoms with Crippen molar-refractivity contribution in [2.75, 3.05) is 0 Å². The first-order valence-corrected chi connectivity index (χ1v) is 15.5. The Morgan fingerprint density at radius 2 is 0.955 bits per heavy atom. The molecule has 7 aromatic carbocycles. The van der Waals surface area contributed by atoms with Gasteiger partial charge in [0.1, 0.15) is 5.82 Å². The van der Waals surface area contributed by atoms with E-state index < -0.39 is 0 Å². The number of rotatable bonds is 6. The van der Waals surface area contributed by atoms with E-state index in [2.05, 4.69) is 163 Å². The van der Waals surface area contributed by atoms with Gasteiger partial charge in [-0.15, -0.1) is 0 Å². The van der Waals surface area contributed by atoms with E-state index in [9.17, 15) is 0 Å². The fourth-order valence-corrected chi connectivity index (χ4v) is 6.76. The predicted molar refractivity (Wildman–Crippen MR) is 187 cm³/mol. The van der Waals surface area contributed by atoms with Gasteiger partial charge in [-0.05, 0) is 79.5 Å². The molecule has 1 aromatic heterocycles. The fraction of sp³-hybridized carbons (Fsp3) is 0.0714. The lowest BCUT2D eigenvalue weighted by molar-refractivity contribution is 0.704. The molecule has 0 spiro atoms. The van der Waals surface area contributed by atoms with Crippen LogP contribution >= 0.6 is 0 Å². The van der Waals surface area contributed by atoms with Crippen molar-refractivity contribution >= 4 is 32.6 Å². The molecule has 0 unspecified atom stereocenters. The van der Waals surface area contributed by atoms with Crippen LogP contribution in [0.1, 0.15) is 13.3 Å². The van der Waals surface area contributed by atoms with E-state index in [0.29, 0.717) is 0 Å². The Bertz CT molecular complexity index is 2260. The number of imidazole rings is 1. The maximum atomic E-state index is 5.17. The number of hydrogen-bond donors (Lipinski definition) is 0. The lowest BCUT2D eigenvalue weighted by Crippen LogP contribution is -1.99. The molecule has 8 rings (SSSR count). The standard InChI is InChI=1S/C42H32N2/c1-2-26-44-39-25-23-33(28-38(39)43-42(44)31-18-10-5-11-19-31)32-22-24-36-37(27-32)41(30-16-8-4-9-17-30)35-21-13-12-20-34(35)40(36)29-14-6-3-7-15-29/h3-25,27-28H,2,26H2,1H3. The summed E-state index contributed by atoms with van der Waals surface area (Å²) in [6, 6.07) is 54.8. The van der Waals surface area contributed by atoms with Gasteiger partial charge in [-0.25, -0.2) is 4.98 Å². The second kappa shape index (κ2) is 11.0. The van der Waals surface area contributed by atoms with E-state index in [1.807, 2.05) is 0 Å². The van der Waals surface area contributed by atoms with Crippen LogP contribution in [0.4, 0.5) is 0 Å². The molecular formula is C42H32N2. The van der Waals surface area contributed by atoms with E-state index in [0.717, 1.165) is 29.9 Å². The van der Waals surface area contributed by atoms with Gasteiger partial charge in [0.2, 0.25) is 0 Å². The monoisotopic (exact) mass is 564 g/mol. The van der Waals surface area contributed by atoms with Gasteiger partial charge in [-0.1, -0.05) is 140 Å². The third-order valence-electron chi connectivity index (χ3n) is 8.71. The molecule has 2 heteroatoms. The Morgan fingerprint density at radius 3 is 1.57 bits per heavy atom. The summed E-state index contributed by atoms with van der Waals surface area (Å²) in [5.41, 5.74) is 10.7. The SMILES string of the molecule is CCCn1c(-c2ccccc2)nc2cc(-c3ccc4c(-c5ccccc5)c5ccccc5c(-c5ccccc5)c4c3)ccc21. The van der Waals surface area contributed by atoms with Crippen molar-refractivity contribution in [3.63, 3.8) is 0 Å². The van der Waals surface area contributed by atoms with E-state index >= 15 is 0 Å². The van der Waals surface area contributed by atoms with Crippen LogP contribution in [0.25, 0.3) is 77.3 Å². The number of fused-ring (bicyclic) bond motifs is 3. The number of nitrogens with zero attached hydrogens (tertiary/aromatic N) is 2. The number of hydrogen-bond acceptors (Lipinski definition) is 1. The average molecular weight is 565 g/mol. The fourth-order valence-electron chi connectivity index (χ4n) is 6.76. The highest BCUT2D eigenvalue weighted by Crippen LogP contribution is 2.44. The lowest BCUT2D eigenvalue weighted by Gasteiger charge is -2.18. The Balaban J connectivity index is 1.39. The Morgan fingerprint density at radius 1 is 0.455 bits per heavy atom. The predicted octanol–water partition coefficient (Wildman–Crippen LogP) is 11.4. The van der Waals surface area contributed by atoms with Gasteiger partial charge in [0, 0.05) is 12.1 Å². The molecule has 210 valence electrons. The van der Waals surface area contributed by atoms with E-state index in [1.165, 1.54) is 60.4 Å². The third kappa shape index (κ3) is 4.39. The maximum absolute atomic E-state index is 5.17. The van der Waals surface area contributed by atoms with Gasteiger partial charge in [0.25, 0.3) is 0 Å². The highest BCUT2D eigenvalue weighted by molar-refractivity contribution is 6.22. The van der Waals surface area contributed by atoms with Gasteiger partial charge in [0.15, 0.2) is 0 Å². The van der Waals surface area contributed by atoms with Gasteiger partial charge in [0.05, 0.1) is 11.0 Å². The first-order chi connectivity index (χ1) is 21.8. The number of aryl methyl sites for hydroxylation is 1. The quantitative estimate of drug-likeness (QED) is 0.184. The van der Waals surface area contributed by atoms with E-state index in [1.54, 1.807) is 0 Å². The Hall–Kier alpha value is -5.47. The molecule has 0 saturated carbocycles. The van der Waals surface area contributed by atoms with Gasteiger partial charge < -0.3 is 4.57 Å². The van der Waals surface area contributed by atoms with Crippen molar-refractivity contribution in [2.24, 2.45) is 0 Å². The molecule has 0 aliphatic carbocycles. The topological polar surface area (TPSA) is 17.8 Å². The highest BCUT2D eigenvalue weighted by Gasteiger charge is 2.18. The summed E-state index contributed by atoms with van der Waals surface area (Å²) in [4.78, 5) is 5.17. The van der Waals surface area contributed by atoms with Gasteiger partial charge in [-0.2, -0.15) is 0 Å². The molecule has 0 N–H and O–H groups in total. The van der Waals surface area contributed by atoms with Crippen molar-refractivity contribution in [1.82, 2.24) is 9.55 Å². The molecule has 0 fully saturated rings. The average Bonchev–Trinajstić information content (AvgIpc) is 3.45. The van der Waals surface area contributed by atoms with Gasteiger partial charge in [-0.3, -0.25) is 0 Å². The summed E-state index contributed by atoms with van der Waals surface area (Å²) in [6.45, 7) is 3.16. The van der Waals surface area contributed by atoms with E-state index in [4.69, 9.17) is 4.98 Å². The first kappa shape index (κ1) is 26.2. The smallest absolute Gasteiger partial charge is 0.141 e. The maximum Gasteiger partial charge on any atom is 0.141 e. The van der Waals surface area contributed by atoms with Crippen molar-refractivity contribution < 1.29 is 0 Å². The van der Waals surface area contributed by atoms with Crippen LogP contribution in [-0.2, 0) is 6.54 Å². The van der Waals surface area contributed by atoms with Gasteiger partial charge >= 0.3 is 0 Å². The molecule has 0 amide bonds. The summed E-state index contributed by atoms with van der Waals surface area (Å²) in [6.07, 6.45) is 1.05. The zero-order valence-electron chi connectivity index (χ0n) is 24.7. The molecule has 0 radical (unpaired) electrons. The molecular weight excluding hydrogens is 532 g/mol. The molecule has 1 heterocycles. The molecule has 0 saturated heterocycles. The molecule has 8 aromatic rings. The summed E-state index contributed by atoms with van der Waals surface area (Å²) < 4.78 is 2.36. The van der Waals surface area contributed by atoms with Crippen LogP contribution in [0.15, 0.2) is 152 Å². The molecule has 0 bridgehead atoms. The second-order valence-electron chi connectivity index (χ2n) is 11.4. The Labute approximate surface area is 257 Å². The van der Waals surface area contributed by atoms with Crippen molar-refractivity contribution in [1.29, 1.82) is 0 Å². The van der Waals surface area contributed by atoms with Crippen LogP contribution in [0.3, 0.4) is 0 Å². The highest BCUT2D eigenvalue weighted by atomic mass is 15.1. The lowest BCUT2D eigenvalue weighted by atomic mass is 9.85. The van der Waals surface area contributed by atoms with Crippen LogP contribution in [0.2, 0.25) is 0 Å². The minimum absolute atomic E-state index is 0.936. The summed E-state index contributed by atoms with van der Waals surface area (Å²) >= 11 is 0. The van der Waals surface area contributed by atoms with Crippen LogP contribution < -0.4 is 0 Å². The minimum atomic E-state index is 0.936. The minimum Gasteiger partial charge on any atom is -0.324 e. The van der Waals surface area contributed by atoms with Crippen LogP contribution in [0, 0.1) is 0 Å². The molecule has 0 atom stereocenters. The normalized spacial score (nSPS) is 11.5.